The number of nitrogens with one attached hydrogen (secondary N) is 1. The van der Waals surface area contributed by atoms with Crippen LogP contribution in [0, 0.1) is 6.92 Å². The molecule has 0 aliphatic carbocycles. The summed E-state index contributed by atoms with van der Waals surface area (Å²) in [5.41, 5.74) is 1.63. The fourth-order valence-corrected chi connectivity index (χ4v) is 2.86. The maximum absolute atomic E-state index is 12.9. The van der Waals surface area contributed by atoms with E-state index in [0.29, 0.717) is 17.8 Å². The van der Waals surface area contributed by atoms with Crippen LogP contribution in [0.4, 0.5) is 0 Å². The van der Waals surface area contributed by atoms with Gasteiger partial charge in [-0.15, -0.1) is 0 Å². The van der Waals surface area contributed by atoms with E-state index in [1.165, 1.54) is 9.58 Å². The molecule has 0 aliphatic rings. The topological polar surface area (TPSA) is 67.2 Å². The summed E-state index contributed by atoms with van der Waals surface area (Å²) in [5.74, 6) is -0.500. The van der Waals surface area contributed by atoms with Gasteiger partial charge in [0.1, 0.15) is 5.15 Å². The molecule has 2 aromatic rings. The minimum Gasteiger partial charge on any atom is -0.352 e. The number of halogens is 1. The number of para-hydroxylation sites is 1. The molecule has 0 atom stereocenters. The minimum atomic E-state index is -0.300. The molecule has 0 saturated heterocycles. The van der Waals surface area contributed by atoms with Crippen LogP contribution in [0.1, 0.15) is 36.8 Å². The Morgan fingerprint density at radius 1 is 1.28 bits per heavy atom. The van der Waals surface area contributed by atoms with Crippen molar-refractivity contribution in [3.05, 3.63) is 46.7 Å². The van der Waals surface area contributed by atoms with Gasteiger partial charge in [-0.1, -0.05) is 29.8 Å². The van der Waals surface area contributed by atoms with Crippen molar-refractivity contribution in [1.29, 1.82) is 0 Å². The second kappa shape index (κ2) is 8.16. The largest absolute Gasteiger partial charge is 0.352 e. The molecule has 7 heteroatoms. The number of benzene rings is 1. The zero-order chi connectivity index (χ0) is 18.6. The van der Waals surface area contributed by atoms with Gasteiger partial charge in [-0.25, -0.2) is 4.68 Å². The van der Waals surface area contributed by atoms with Gasteiger partial charge in [-0.3, -0.25) is 9.59 Å². The number of rotatable bonds is 6. The molecule has 0 aliphatic heterocycles. The van der Waals surface area contributed by atoms with Gasteiger partial charge >= 0.3 is 0 Å². The molecule has 0 unspecified atom stereocenters. The smallest absolute Gasteiger partial charge is 0.259 e. The predicted molar refractivity (Wildman–Crippen MR) is 98.2 cm³/mol. The maximum Gasteiger partial charge on any atom is 0.259 e. The van der Waals surface area contributed by atoms with Gasteiger partial charge in [0.2, 0.25) is 5.91 Å². The SMILES string of the molecule is CCN(CC(=O)NC(C)C)C(=O)c1c(C)nn(-c2ccccc2)c1Cl. The second-order valence-corrected chi connectivity index (χ2v) is 6.40. The van der Waals surface area contributed by atoms with Gasteiger partial charge in [0.15, 0.2) is 0 Å². The number of likely N-dealkylation sites (N-methyl/N-ethyl adjacent to an activating group) is 1. The Hall–Kier alpha value is -2.34. The van der Waals surface area contributed by atoms with Crippen molar-refractivity contribution >= 4 is 23.4 Å². The van der Waals surface area contributed by atoms with E-state index in [9.17, 15) is 9.59 Å². The van der Waals surface area contributed by atoms with E-state index < -0.39 is 0 Å². The fourth-order valence-electron chi connectivity index (χ4n) is 2.51. The molecule has 0 saturated carbocycles. The lowest BCUT2D eigenvalue weighted by atomic mass is 10.2. The summed E-state index contributed by atoms with van der Waals surface area (Å²) in [4.78, 5) is 26.3. The van der Waals surface area contributed by atoms with Gasteiger partial charge < -0.3 is 10.2 Å². The summed E-state index contributed by atoms with van der Waals surface area (Å²) in [6, 6.07) is 9.39. The Labute approximate surface area is 152 Å². The number of hydrogen-bond donors (Lipinski definition) is 1. The van der Waals surface area contributed by atoms with Crippen LogP contribution in [-0.4, -0.2) is 45.6 Å². The minimum absolute atomic E-state index is 0.0141. The number of hydrogen-bond acceptors (Lipinski definition) is 3. The third-order valence-corrected chi connectivity index (χ3v) is 4.02. The van der Waals surface area contributed by atoms with Crippen LogP contribution in [0.15, 0.2) is 30.3 Å². The van der Waals surface area contributed by atoms with Crippen molar-refractivity contribution in [3.63, 3.8) is 0 Å². The van der Waals surface area contributed by atoms with Crippen LogP contribution in [0.3, 0.4) is 0 Å². The molecule has 0 radical (unpaired) electrons. The maximum atomic E-state index is 12.9. The van der Waals surface area contributed by atoms with E-state index in [0.717, 1.165) is 5.69 Å². The van der Waals surface area contributed by atoms with Gasteiger partial charge in [-0.2, -0.15) is 5.10 Å². The first kappa shape index (κ1) is 19.0. The highest BCUT2D eigenvalue weighted by Gasteiger charge is 2.26. The summed E-state index contributed by atoms with van der Waals surface area (Å²) in [7, 11) is 0. The number of amides is 2. The molecule has 2 rings (SSSR count). The number of nitrogens with zero attached hydrogens (tertiary/aromatic N) is 3. The van der Waals surface area contributed by atoms with E-state index in [4.69, 9.17) is 11.6 Å². The van der Waals surface area contributed by atoms with E-state index in [-0.39, 0.29) is 29.6 Å². The van der Waals surface area contributed by atoms with Gasteiger partial charge in [-0.05, 0) is 39.8 Å². The van der Waals surface area contributed by atoms with Crippen molar-refractivity contribution in [2.75, 3.05) is 13.1 Å². The standard InChI is InChI=1S/C18H23ClN4O2/c1-5-22(11-15(24)20-12(2)3)18(25)16-13(4)21-23(17(16)19)14-9-7-6-8-10-14/h6-10,12H,5,11H2,1-4H3,(H,20,24). The molecule has 1 aromatic heterocycles. The van der Waals surface area contributed by atoms with Crippen LogP contribution < -0.4 is 5.32 Å². The quantitative estimate of drug-likeness (QED) is 0.859. The Kier molecular flexibility index (Phi) is 6.20. The third kappa shape index (κ3) is 4.39. The monoisotopic (exact) mass is 362 g/mol. The first-order chi connectivity index (χ1) is 11.8. The van der Waals surface area contributed by atoms with Crippen molar-refractivity contribution in [2.45, 2.75) is 33.7 Å². The summed E-state index contributed by atoms with van der Waals surface area (Å²) in [6.45, 7) is 7.70. The van der Waals surface area contributed by atoms with Gasteiger partial charge in [0.05, 0.1) is 23.5 Å². The predicted octanol–water partition coefficient (Wildman–Crippen LogP) is 2.82. The van der Waals surface area contributed by atoms with Crippen molar-refractivity contribution < 1.29 is 9.59 Å². The summed E-state index contributed by atoms with van der Waals surface area (Å²) in [6.07, 6.45) is 0. The van der Waals surface area contributed by atoms with Crippen molar-refractivity contribution in [2.24, 2.45) is 0 Å². The van der Waals surface area contributed by atoms with Gasteiger partial charge in [0.25, 0.3) is 5.91 Å². The highest BCUT2D eigenvalue weighted by atomic mass is 35.5. The Morgan fingerprint density at radius 2 is 1.92 bits per heavy atom. The highest BCUT2D eigenvalue weighted by molar-refractivity contribution is 6.33. The summed E-state index contributed by atoms with van der Waals surface area (Å²) < 4.78 is 1.53. The average Bonchev–Trinajstić information content (AvgIpc) is 2.86. The molecule has 1 heterocycles. The summed E-state index contributed by atoms with van der Waals surface area (Å²) in [5, 5.41) is 7.42. The molecular formula is C18H23ClN4O2. The van der Waals surface area contributed by atoms with Crippen LogP contribution in [0.5, 0.6) is 0 Å². The molecule has 6 nitrogen and oxygen atoms in total. The zero-order valence-electron chi connectivity index (χ0n) is 14.9. The van der Waals surface area contributed by atoms with Crippen LogP contribution >= 0.6 is 11.6 Å². The van der Waals surface area contributed by atoms with Crippen molar-refractivity contribution in [1.82, 2.24) is 20.0 Å². The molecule has 0 spiro atoms. The van der Waals surface area contributed by atoms with E-state index in [2.05, 4.69) is 10.4 Å². The lowest BCUT2D eigenvalue weighted by Crippen LogP contribution is -2.42. The molecule has 0 bridgehead atoms. The van der Waals surface area contributed by atoms with Crippen LogP contribution in [-0.2, 0) is 4.79 Å². The zero-order valence-corrected chi connectivity index (χ0v) is 15.7. The number of aromatic nitrogens is 2. The molecule has 0 fully saturated rings. The molecule has 1 aromatic carbocycles. The van der Waals surface area contributed by atoms with Crippen LogP contribution in [0.2, 0.25) is 5.15 Å². The second-order valence-electron chi connectivity index (χ2n) is 6.04. The fraction of sp³-hybridized carbons (Fsp3) is 0.389. The van der Waals surface area contributed by atoms with E-state index in [1.54, 1.807) is 6.92 Å². The Bertz CT molecular complexity index is 756. The number of carbonyl (C=O) groups excluding carboxylic acids is 2. The van der Waals surface area contributed by atoms with Crippen LogP contribution in [0.25, 0.3) is 5.69 Å². The van der Waals surface area contributed by atoms with E-state index in [1.807, 2.05) is 51.1 Å². The molecule has 2 amide bonds. The number of aryl methyl sites for hydroxylation is 1. The third-order valence-electron chi connectivity index (χ3n) is 3.67. The Morgan fingerprint density at radius 3 is 2.48 bits per heavy atom. The average molecular weight is 363 g/mol. The highest BCUT2D eigenvalue weighted by Crippen LogP contribution is 2.24. The molecular weight excluding hydrogens is 340 g/mol. The lowest BCUT2D eigenvalue weighted by molar-refractivity contribution is -0.122. The Balaban J connectivity index is 2.29. The summed E-state index contributed by atoms with van der Waals surface area (Å²) >= 11 is 6.43. The molecule has 1 N–H and O–H groups in total. The lowest BCUT2D eigenvalue weighted by Gasteiger charge is -2.21. The van der Waals surface area contributed by atoms with E-state index >= 15 is 0 Å². The van der Waals surface area contributed by atoms with Gasteiger partial charge in [0, 0.05) is 12.6 Å². The normalized spacial score (nSPS) is 10.8. The van der Waals surface area contributed by atoms with Crippen molar-refractivity contribution in [3.8, 4) is 5.69 Å². The first-order valence-corrected chi connectivity index (χ1v) is 8.62. The first-order valence-electron chi connectivity index (χ1n) is 8.24. The number of carbonyl (C=O) groups is 2. The molecule has 134 valence electrons. The molecule has 25 heavy (non-hydrogen) atoms.